The summed E-state index contributed by atoms with van der Waals surface area (Å²) in [6, 6.07) is 0. The number of hydrogen-bond donors (Lipinski definition) is 1. The summed E-state index contributed by atoms with van der Waals surface area (Å²) in [5.74, 6) is -0.309. The molecule has 0 saturated carbocycles. The van der Waals surface area contributed by atoms with E-state index in [2.05, 4.69) is 0 Å². The number of nitrogens with two attached hydrogens (primary N) is 1. The molecule has 70 valence electrons. The van der Waals surface area contributed by atoms with Gasteiger partial charge in [0.25, 0.3) is 0 Å². The number of amides is 1. The van der Waals surface area contributed by atoms with Crippen LogP contribution in [0.15, 0.2) is 0 Å². The van der Waals surface area contributed by atoms with Gasteiger partial charge >= 0.3 is 0 Å². The summed E-state index contributed by atoms with van der Waals surface area (Å²) >= 11 is 0. The van der Waals surface area contributed by atoms with Crippen LogP contribution >= 0.6 is 0 Å². The number of carbonyl (C=O) groups excluding carboxylic acids is 1. The van der Waals surface area contributed by atoms with Crippen LogP contribution in [0.1, 0.15) is 25.7 Å². The van der Waals surface area contributed by atoms with E-state index in [0.717, 1.165) is 12.8 Å². The summed E-state index contributed by atoms with van der Waals surface area (Å²) in [7, 11) is -3.02. The van der Waals surface area contributed by atoms with Gasteiger partial charge in [-0.05, 0) is 12.8 Å². The first-order valence-corrected chi connectivity index (χ1v) is 5.74. The summed E-state index contributed by atoms with van der Waals surface area (Å²) in [6.45, 7) is 0. The van der Waals surface area contributed by atoms with Crippen LogP contribution in [0.3, 0.4) is 0 Å². The lowest BCUT2D eigenvalue weighted by atomic mass is 10.1. The first kappa shape index (κ1) is 9.51. The molecular formula is C7H13NO3S. The van der Waals surface area contributed by atoms with Crippen molar-refractivity contribution < 1.29 is 13.2 Å². The van der Waals surface area contributed by atoms with Gasteiger partial charge in [0, 0.05) is 6.42 Å². The topological polar surface area (TPSA) is 77.2 Å². The van der Waals surface area contributed by atoms with Gasteiger partial charge in [-0.2, -0.15) is 0 Å². The molecule has 1 aliphatic heterocycles. The van der Waals surface area contributed by atoms with Crippen molar-refractivity contribution in [3.8, 4) is 0 Å². The molecule has 12 heavy (non-hydrogen) atoms. The molecule has 0 aromatic rings. The smallest absolute Gasteiger partial charge is 0.218 e. The van der Waals surface area contributed by atoms with Crippen LogP contribution in [0.4, 0.5) is 0 Å². The molecule has 1 aliphatic rings. The van der Waals surface area contributed by atoms with E-state index in [4.69, 9.17) is 5.73 Å². The fraction of sp³-hybridized carbons (Fsp3) is 0.857. The summed E-state index contributed by atoms with van der Waals surface area (Å²) in [6.07, 6.45) is 2.18. The van der Waals surface area contributed by atoms with Crippen molar-refractivity contribution in [1.29, 1.82) is 0 Å². The molecule has 4 nitrogen and oxygen atoms in total. The second-order valence-electron chi connectivity index (χ2n) is 3.16. The minimum absolute atomic E-state index is 0.0116. The number of hydrogen-bond acceptors (Lipinski definition) is 3. The average Bonchev–Trinajstić information content (AvgIpc) is 1.92. The molecule has 2 N–H and O–H groups in total. The Morgan fingerprint density at radius 3 is 2.58 bits per heavy atom. The van der Waals surface area contributed by atoms with Crippen LogP contribution in [-0.4, -0.2) is 25.3 Å². The lowest BCUT2D eigenvalue weighted by Gasteiger charge is -2.20. The molecule has 1 amide bonds. The lowest BCUT2D eigenvalue weighted by Crippen LogP contribution is -2.32. The van der Waals surface area contributed by atoms with Gasteiger partial charge in [0.05, 0.1) is 11.0 Å². The lowest BCUT2D eigenvalue weighted by molar-refractivity contribution is -0.118. The van der Waals surface area contributed by atoms with Crippen LogP contribution < -0.4 is 5.73 Å². The Bertz CT molecular complexity index is 270. The molecule has 0 aromatic heterocycles. The molecule has 1 heterocycles. The Hall–Kier alpha value is -0.580. The molecule has 1 rings (SSSR count). The Kier molecular flexibility index (Phi) is 2.72. The maximum Gasteiger partial charge on any atom is 0.218 e. The Labute approximate surface area is 72.0 Å². The Morgan fingerprint density at radius 2 is 2.08 bits per heavy atom. The zero-order chi connectivity index (χ0) is 9.19. The molecule has 1 unspecified atom stereocenters. The highest BCUT2D eigenvalue weighted by atomic mass is 32.2. The van der Waals surface area contributed by atoms with E-state index >= 15 is 0 Å². The highest BCUT2D eigenvalue weighted by Crippen LogP contribution is 2.21. The van der Waals surface area contributed by atoms with Crippen LogP contribution in [0.5, 0.6) is 0 Å². The molecule has 1 saturated heterocycles. The molecule has 0 bridgehead atoms. The minimum atomic E-state index is -3.02. The summed E-state index contributed by atoms with van der Waals surface area (Å²) in [4.78, 5) is 10.5. The molecular weight excluding hydrogens is 178 g/mol. The van der Waals surface area contributed by atoms with Gasteiger partial charge in [-0.1, -0.05) is 6.42 Å². The van der Waals surface area contributed by atoms with Gasteiger partial charge in [-0.3, -0.25) is 4.79 Å². The zero-order valence-corrected chi connectivity index (χ0v) is 7.64. The largest absolute Gasteiger partial charge is 0.370 e. The van der Waals surface area contributed by atoms with Gasteiger partial charge < -0.3 is 5.73 Å². The highest BCUT2D eigenvalue weighted by Gasteiger charge is 2.29. The molecule has 0 aromatic carbocycles. The standard InChI is InChI=1S/C7H13NO3S/c8-7(9)5-6-3-1-2-4-12(6,10)11/h6H,1-5H2,(H2,8,9). The predicted octanol–water partition coefficient (Wildman–Crippen LogP) is -0.171. The number of primary amides is 1. The van der Waals surface area contributed by atoms with E-state index in [1.807, 2.05) is 0 Å². The van der Waals surface area contributed by atoms with Gasteiger partial charge in [0.2, 0.25) is 5.91 Å². The van der Waals surface area contributed by atoms with Gasteiger partial charge in [-0.25, -0.2) is 8.42 Å². The third kappa shape index (κ3) is 2.20. The van der Waals surface area contributed by atoms with E-state index in [0.29, 0.717) is 6.42 Å². The molecule has 5 heteroatoms. The fourth-order valence-corrected chi connectivity index (χ4v) is 3.36. The zero-order valence-electron chi connectivity index (χ0n) is 6.82. The van der Waals surface area contributed by atoms with Gasteiger partial charge in [-0.15, -0.1) is 0 Å². The van der Waals surface area contributed by atoms with E-state index in [1.54, 1.807) is 0 Å². The fourth-order valence-electron chi connectivity index (χ4n) is 1.47. The van der Waals surface area contributed by atoms with Crippen LogP contribution in [0, 0.1) is 0 Å². The monoisotopic (exact) mass is 191 g/mol. The van der Waals surface area contributed by atoms with Gasteiger partial charge in [0.15, 0.2) is 9.84 Å². The van der Waals surface area contributed by atoms with Crippen LogP contribution in [0.25, 0.3) is 0 Å². The van der Waals surface area contributed by atoms with Crippen LogP contribution in [-0.2, 0) is 14.6 Å². The highest BCUT2D eigenvalue weighted by molar-refractivity contribution is 7.92. The average molecular weight is 191 g/mol. The third-order valence-electron chi connectivity index (χ3n) is 2.14. The maximum absolute atomic E-state index is 11.3. The van der Waals surface area contributed by atoms with Crippen molar-refractivity contribution >= 4 is 15.7 Å². The quantitative estimate of drug-likeness (QED) is 0.658. The Morgan fingerprint density at radius 1 is 1.42 bits per heavy atom. The predicted molar refractivity (Wildman–Crippen MR) is 45.2 cm³/mol. The maximum atomic E-state index is 11.3. The second-order valence-corrected chi connectivity index (χ2v) is 5.56. The van der Waals surface area contributed by atoms with E-state index in [-0.39, 0.29) is 12.2 Å². The molecule has 0 radical (unpaired) electrons. The molecule has 1 fully saturated rings. The first-order chi connectivity index (χ1) is 5.52. The summed E-state index contributed by atoms with van der Waals surface area (Å²) in [5.41, 5.74) is 4.94. The number of rotatable bonds is 2. The Balaban J connectivity index is 2.67. The normalized spacial score (nSPS) is 28.2. The van der Waals surface area contributed by atoms with Crippen molar-refractivity contribution in [3.05, 3.63) is 0 Å². The van der Waals surface area contributed by atoms with Crippen molar-refractivity contribution in [3.63, 3.8) is 0 Å². The summed E-state index contributed by atoms with van der Waals surface area (Å²) in [5, 5.41) is -0.510. The minimum Gasteiger partial charge on any atom is -0.370 e. The van der Waals surface area contributed by atoms with E-state index in [1.165, 1.54) is 0 Å². The first-order valence-electron chi connectivity index (χ1n) is 4.02. The van der Waals surface area contributed by atoms with Crippen molar-refractivity contribution in [2.24, 2.45) is 5.73 Å². The number of carbonyl (C=O) groups is 1. The SMILES string of the molecule is NC(=O)CC1CCCCS1(=O)=O. The van der Waals surface area contributed by atoms with Crippen LogP contribution in [0.2, 0.25) is 0 Å². The van der Waals surface area contributed by atoms with Crippen molar-refractivity contribution in [2.45, 2.75) is 30.9 Å². The van der Waals surface area contributed by atoms with Crippen molar-refractivity contribution in [1.82, 2.24) is 0 Å². The third-order valence-corrected chi connectivity index (χ3v) is 4.42. The van der Waals surface area contributed by atoms with Gasteiger partial charge in [0.1, 0.15) is 0 Å². The molecule has 0 aliphatic carbocycles. The van der Waals surface area contributed by atoms with E-state index < -0.39 is 21.0 Å². The molecule has 1 atom stereocenters. The summed E-state index contributed by atoms with van der Waals surface area (Å²) < 4.78 is 22.6. The molecule has 0 spiro atoms. The number of sulfone groups is 1. The van der Waals surface area contributed by atoms with Crippen molar-refractivity contribution in [2.75, 3.05) is 5.75 Å². The van der Waals surface area contributed by atoms with E-state index in [9.17, 15) is 13.2 Å². The second kappa shape index (κ2) is 3.43.